The van der Waals surface area contributed by atoms with E-state index in [0.717, 1.165) is 44.8 Å². The summed E-state index contributed by atoms with van der Waals surface area (Å²) in [4.78, 5) is 53.7. The molecule has 0 unspecified atom stereocenters. The van der Waals surface area contributed by atoms with Crippen LogP contribution >= 0.6 is 0 Å². The highest BCUT2D eigenvalue weighted by atomic mass is 16.5. The monoisotopic (exact) mass is 738 g/mol. The number of esters is 1. The summed E-state index contributed by atoms with van der Waals surface area (Å²) in [6, 6.07) is 47.2. The predicted molar refractivity (Wildman–Crippen MR) is 224 cm³/mol. The van der Waals surface area contributed by atoms with Gasteiger partial charge in [-0.3, -0.25) is 14.4 Å². The third-order valence-electron chi connectivity index (χ3n) is 9.71. The number of Topliss-reactive ketones (excluding diaryl/α,β-unsaturated/α-hetero) is 1. The lowest BCUT2D eigenvalue weighted by molar-refractivity contribution is -0.135. The summed E-state index contributed by atoms with van der Waals surface area (Å²) in [6.45, 7) is 7.89. The van der Waals surface area contributed by atoms with E-state index in [-0.39, 0.29) is 28.1 Å². The Labute approximate surface area is 326 Å². The van der Waals surface area contributed by atoms with E-state index in [4.69, 9.17) is 4.74 Å². The Bertz CT molecular complexity index is 2590. The van der Waals surface area contributed by atoms with Crippen molar-refractivity contribution in [1.29, 1.82) is 0 Å². The lowest BCUT2D eigenvalue weighted by atomic mass is 9.98. The summed E-state index contributed by atoms with van der Waals surface area (Å²) in [5, 5.41) is 0.538. The number of aryl methyl sites for hydroxylation is 4. The van der Waals surface area contributed by atoms with E-state index in [1.165, 1.54) is 7.11 Å². The molecule has 0 bridgehead atoms. The lowest BCUT2D eigenvalue weighted by Crippen LogP contribution is -2.20. The first-order chi connectivity index (χ1) is 27.1. The number of hydrogen-bond donors (Lipinski definition) is 0. The summed E-state index contributed by atoms with van der Waals surface area (Å²) >= 11 is 0. The van der Waals surface area contributed by atoms with E-state index < -0.39 is 5.97 Å². The molecule has 0 saturated carbocycles. The van der Waals surface area contributed by atoms with Crippen molar-refractivity contribution in [2.75, 3.05) is 12.0 Å². The first-order valence-corrected chi connectivity index (χ1v) is 18.2. The van der Waals surface area contributed by atoms with Crippen LogP contribution in [0.25, 0.3) is 16.6 Å². The van der Waals surface area contributed by atoms with Crippen molar-refractivity contribution < 1.29 is 19.1 Å². The van der Waals surface area contributed by atoms with E-state index in [9.17, 15) is 19.2 Å². The summed E-state index contributed by atoms with van der Waals surface area (Å²) < 4.78 is 6.83. The summed E-state index contributed by atoms with van der Waals surface area (Å²) in [5.41, 5.74) is 8.45. The average Bonchev–Trinajstić information content (AvgIpc) is 3.24. The van der Waals surface area contributed by atoms with Crippen LogP contribution in [-0.4, -0.2) is 29.2 Å². The first kappa shape index (κ1) is 38.6. The molecule has 0 N–H and O–H groups in total. The largest absolute Gasteiger partial charge is 0.465 e. The van der Waals surface area contributed by atoms with Crippen LogP contribution < -0.4 is 10.3 Å². The van der Waals surface area contributed by atoms with Crippen LogP contribution in [0, 0.1) is 27.7 Å². The van der Waals surface area contributed by atoms with Crippen LogP contribution in [0.1, 0.15) is 48.5 Å². The molecule has 7 nitrogen and oxygen atoms in total. The van der Waals surface area contributed by atoms with Crippen LogP contribution in [-0.2, 0) is 9.53 Å². The number of pyridine rings is 1. The Morgan fingerprint density at radius 1 is 0.589 bits per heavy atom. The number of para-hydroxylation sites is 4. The molecule has 7 rings (SSSR count). The maximum atomic E-state index is 13.2. The van der Waals surface area contributed by atoms with Gasteiger partial charge in [0.25, 0.3) is 0 Å². The average molecular weight is 739 g/mol. The number of fused-ring (bicyclic) bond motifs is 1. The fourth-order valence-electron chi connectivity index (χ4n) is 6.24. The maximum absolute atomic E-state index is 13.2. The molecule has 0 radical (unpaired) electrons. The van der Waals surface area contributed by atoms with Gasteiger partial charge in [0.15, 0.2) is 5.78 Å². The van der Waals surface area contributed by atoms with Crippen molar-refractivity contribution in [2.45, 2.75) is 27.7 Å². The molecular weight excluding hydrogens is 697 g/mol. The molecule has 0 aliphatic carbocycles. The van der Waals surface area contributed by atoms with Gasteiger partial charge in [-0.2, -0.15) is 0 Å². The fourth-order valence-corrected chi connectivity index (χ4v) is 6.24. The van der Waals surface area contributed by atoms with Gasteiger partial charge >= 0.3 is 5.97 Å². The minimum absolute atomic E-state index is 0.0385. The van der Waals surface area contributed by atoms with E-state index >= 15 is 0 Å². The molecule has 0 aliphatic rings. The Morgan fingerprint density at radius 2 is 1.09 bits per heavy atom. The van der Waals surface area contributed by atoms with Crippen molar-refractivity contribution in [1.82, 2.24) is 4.57 Å². The zero-order valence-corrected chi connectivity index (χ0v) is 32.0. The zero-order valence-electron chi connectivity index (χ0n) is 32.0. The molecule has 7 aromatic rings. The highest BCUT2D eigenvalue weighted by molar-refractivity contribution is 6.24. The fraction of sp³-hybridized carbons (Fsp3) is 0.102. The number of hydrogen-bond acceptors (Lipinski definition) is 6. The van der Waals surface area contributed by atoms with Crippen LogP contribution in [0.15, 0.2) is 174 Å². The Kier molecular flexibility index (Phi) is 12.0. The number of aromatic nitrogens is 1. The standard InChI is InChI=1S/C25H23NO3.C24H19NO2/c1-18-14-15-20(16-19(18)2)24(27)23(25(28)29-3)17-26(21-10-6-4-7-11-21)22-12-8-5-9-13-22;1-16-12-13-18(14-17(16)2)23(26)21-15-25(19-8-4-3-5-9-19)22-11-7-6-10-20(22)24(21)27/h4-17H,1-3H3;3-15H,1-2H3. The van der Waals surface area contributed by atoms with Gasteiger partial charge in [0, 0.05) is 46.0 Å². The highest BCUT2D eigenvalue weighted by Crippen LogP contribution is 2.27. The Hall–Kier alpha value is -7.12. The topological polar surface area (TPSA) is 85.7 Å². The highest BCUT2D eigenvalue weighted by Gasteiger charge is 2.24. The van der Waals surface area contributed by atoms with Gasteiger partial charge in [0.2, 0.25) is 11.2 Å². The third kappa shape index (κ3) is 8.48. The van der Waals surface area contributed by atoms with Gasteiger partial charge < -0.3 is 14.2 Å². The van der Waals surface area contributed by atoms with Gasteiger partial charge in [0.1, 0.15) is 5.57 Å². The molecule has 0 fully saturated rings. The third-order valence-corrected chi connectivity index (χ3v) is 9.71. The quantitative estimate of drug-likeness (QED) is 0.0482. The molecule has 0 spiro atoms. The second kappa shape index (κ2) is 17.3. The first-order valence-electron chi connectivity index (χ1n) is 18.2. The van der Waals surface area contributed by atoms with Crippen molar-refractivity contribution in [3.8, 4) is 5.69 Å². The van der Waals surface area contributed by atoms with E-state index in [1.54, 1.807) is 36.7 Å². The number of rotatable bonds is 9. The molecule has 0 amide bonds. The molecule has 278 valence electrons. The molecule has 0 atom stereocenters. The van der Waals surface area contributed by atoms with Crippen LogP contribution in [0.5, 0.6) is 0 Å². The number of ether oxygens (including phenoxy) is 1. The second-order valence-electron chi connectivity index (χ2n) is 13.4. The van der Waals surface area contributed by atoms with E-state index in [1.807, 2.05) is 165 Å². The van der Waals surface area contributed by atoms with Crippen molar-refractivity contribution in [3.63, 3.8) is 0 Å². The summed E-state index contributed by atoms with van der Waals surface area (Å²) in [7, 11) is 1.28. The minimum Gasteiger partial charge on any atom is -0.465 e. The minimum atomic E-state index is -0.676. The summed E-state index contributed by atoms with van der Waals surface area (Å²) in [6.07, 6.45) is 3.21. The molecule has 1 aromatic heterocycles. The van der Waals surface area contributed by atoms with Gasteiger partial charge in [-0.05, 0) is 111 Å². The van der Waals surface area contributed by atoms with Gasteiger partial charge in [-0.25, -0.2) is 4.79 Å². The number of benzene rings is 6. The Morgan fingerprint density at radius 3 is 1.64 bits per heavy atom. The molecule has 1 heterocycles. The zero-order chi connectivity index (χ0) is 39.8. The lowest BCUT2D eigenvalue weighted by Gasteiger charge is -2.22. The van der Waals surface area contributed by atoms with Crippen LogP contribution in [0.4, 0.5) is 11.4 Å². The van der Waals surface area contributed by atoms with Crippen molar-refractivity contribution >= 4 is 39.8 Å². The maximum Gasteiger partial charge on any atom is 0.343 e. The number of ketones is 2. The Balaban J connectivity index is 0.000000190. The van der Waals surface area contributed by atoms with E-state index in [0.29, 0.717) is 16.5 Å². The van der Waals surface area contributed by atoms with Gasteiger partial charge in [-0.1, -0.05) is 91.0 Å². The van der Waals surface area contributed by atoms with Crippen LogP contribution in [0.2, 0.25) is 0 Å². The molecule has 7 heteroatoms. The molecule has 0 saturated heterocycles. The normalized spacial score (nSPS) is 11.0. The van der Waals surface area contributed by atoms with Crippen molar-refractivity contribution in [3.05, 3.63) is 219 Å². The van der Waals surface area contributed by atoms with E-state index in [2.05, 4.69) is 0 Å². The number of anilines is 2. The summed E-state index contributed by atoms with van der Waals surface area (Å²) in [5.74, 6) is -1.31. The number of nitrogens with zero attached hydrogens (tertiary/aromatic N) is 2. The molecular formula is C49H42N2O5. The molecule has 0 aliphatic heterocycles. The number of carbonyl (C=O) groups is 3. The second-order valence-corrected chi connectivity index (χ2v) is 13.4. The molecule has 6 aromatic carbocycles. The smallest absolute Gasteiger partial charge is 0.343 e. The SMILES string of the molecule is COC(=O)C(=CN(c1ccccc1)c1ccccc1)C(=O)c1ccc(C)c(C)c1.Cc1ccc(C(=O)c2cn(-c3ccccc3)c3ccccc3c2=O)cc1C. The number of carbonyl (C=O) groups excluding carboxylic acids is 3. The van der Waals surface area contributed by atoms with Crippen LogP contribution in [0.3, 0.4) is 0 Å². The predicted octanol–water partition coefficient (Wildman–Crippen LogP) is 10.2. The number of methoxy groups -OCH3 is 1. The molecule has 56 heavy (non-hydrogen) atoms. The van der Waals surface area contributed by atoms with Gasteiger partial charge in [-0.15, -0.1) is 0 Å². The van der Waals surface area contributed by atoms with Gasteiger partial charge in [0.05, 0.1) is 18.2 Å². The van der Waals surface area contributed by atoms with Crippen molar-refractivity contribution in [2.24, 2.45) is 0 Å².